The normalized spacial score (nSPS) is 13.2. The first-order chi connectivity index (χ1) is 36.6. The molecule has 2 aromatic carbocycles. The van der Waals surface area contributed by atoms with Crippen LogP contribution in [0.5, 0.6) is 0 Å². The quantitative estimate of drug-likeness (QED) is 0.0151. The number of benzene rings is 2. The fraction of sp³-hybridized carbons (Fsp3) is 0.400. The van der Waals surface area contributed by atoms with E-state index >= 15 is 0 Å². The van der Waals surface area contributed by atoms with Crippen molar-refractivity contribution in [3.05, 3.63) is 108 Å². The molecule has 0 unspecified atom stereocenters. The van der Waals surface area contributed by atoms with Gasteiger partial charge in [-0.05, 0) is 74.9 Å². The number of fused-ring (bicyclic) bond motifs is 2. The summed E-state index contributed by atoms with van der Waals surface area (Å²) in [6.45, 7) is 0.127. The molecule has 417 valence electrons. The molecule has 6 aromatic rings. The van der Waals surface area contributed by atoms with E-state index in [9.17, 15) is 48.6 Å². The Morgan fingerprint density at radius 1 is 0.468 bits per heavy atom. The fourth-order valence-electron chi connectivity index (χ4n) is 8.20. The van der Waals surface area contributed by atoms with Gasteiger partial charge in [-0.1, -0.05) is 36.4 Å². The first-order valence-corrected chi connectivity index (χ1v) is 24.7. The predicted molar refractivity (Wildman–Crippen MR) is 274 cm³/mol. The number of unbranched alkanes of at least 4 members (excludes halogenated alkanes) is 2. The van der Waals surface area contributed by atoms with Crippen LogP contribution in [0.4, 0.5) is 0 Å². The average Bonchev–Trinajstić information content (AvgIpc) is 4.27. The smallest absolute Gasteiger partial charge is 0.548 e. The predicted octanol–water partition coefficient (Wildman–Crippen LogP) is -4.07. The molecule has 1 radical (unpaired) electrons. The molecule has 0 saturated heterocycles. The first-order valence-electron chi connectivity index (χ1n) is 24.7. The van der Waals surface area contributed by atoms with Crippen molar-refractivity contribution < 1.29 is 65.6 Å². The van der Waals surface area contributed by atoms with Crippen LogP contribution in [0.25, 0.3) is 21.8 Å². The van der Waals surface area contributed by atoms with Gasteiger partial charge in [0.05, 0.1) is 49.8 Å². The number of carbonyl (C=O) groups is 8. The number of aromatic amines is 4. The number of hydrogen-bond donors (Lipinski definition) is 14. The molecular weight excluding hydrogens is 1050 g/mol. The summed E-state index contributed by atoms with van der Waals surface area (Å²) in [5.41, 5.74) is 26.2. The number of carboxylic acids is 2. The molecule has 0 spiro atoms. The van der Waals surface area contributed by atoms with E-state index in [2.05, 4.69) is 61.8 Å². The zero-order chi connectivity index (χ0) is 55.0. The van der Waals surface area contributed by atoms with Crippen molar-refractivity contribution in [2.24, 2.45) is 22.9 Å². The molecule has 0 aliphatic heterocycles. The molecule has 4 aromatic heterocycles. The summed E-state index contributed by atoms with van der Waals surface area (Å²) in [4.78, 5) is 120. The number of carboxylic acid groups (broad SMARTS) is 2. The van der Waals surface area contributed by atoms with Gasteiger partial charge < -0.3 is 94.6 Å². The molecule has 6 rings (SSSR count). The number of hydrogen-bond acceptors (Lipinski definition) is 16. The number of rotatable bonds is 30. The van der Waals surface area contributed by atoms with Gasteiger partial charge in [-0.3, -0.25) is 28.8 Å². The second-order valence-electron chi connectivity index (χ2n) is 17.8. The third kappa shape index (κ3) is 19.3. The second kappa shape index (κ2) is 31.8. The van der Waals surface area contributed by atoms with Crippen LogP contribution in [0.2, 0.25) is 0 Å². The number of amides is 6. The van der Waals surface area contributed by atoms with Crippen molar-refractivity contribution >= 4 is 69.2 Å². The van der Waals surface area contributed by atoms with Crippen LogP contribution in [-0.4, -0.2) is 140 Å². The number of para-hydroxylation sites is 2. The van der Waals surface area contributed by atoms with Crippen LogP contribution < -0.4 is 65.0 Å². The van der Waals surface area contributed by atoms with E-state index in [0.717, 1.165) is 21.8 Å². The van der Waals surface area contributed by atoms with E-state index in [4.69, 9.17) is 22.9 Å². The van der Waals surface area contributed by atoms with Gasteiger partial charge in [-0.2, -0.15) is 0 Å². The van der Waals surface area contributed by atoms with E-state index in [1.807, 2.05) is 48.5 Å². The maximum absolute atomic E-state index is 13.2. The Morgan fingerprint density at radius 3 is 1.17 bits per heavy atom. The molecule has 77 heavy (non-hydrogen) atoms. The molecule has 27 heteroatoms. The monoisotopic (exact) mass is 1110 g/mol. The van der Waals surface area contributed by atoms with Crippen molar-refractivity contribution in [3.8, 4) is 0 Å². The van der Waals surface area contributed by atoms with Gasteiger partial charge in [0.1, 0.15) is 24.2 Å². The Hall–Kier alpha value is -7.94. The third-order valence-electron chi connectivity index (χ3n) is 12.2. The van der Waals surface area contributed by atoms with Crippen molar-refractivity contribution in [2.75, 3.05) is 26.2 Å². The van der Waals surface area contributed by atoms with Crippen molar-refractivity contribution in [1.82, 2.24) is 61.8 Å². The standard InChI is InChI=1S/2C25H34N8O5.Cu/c2*26-8-4-3-7-19(32-24(36)20(31-22(34)11-27)10-16-13-28-14-30-16)23(35)33-21(25(37)38)9-15-12-29-18-6-2-1-5-17(15)18;/h2*1-2,5-6,12-14,19-21,29H,3-4,7-11,26-27H2,(H,28,30)(H,31,34)(H,32,36)(H,33,35)(H,37,38);/q;;+2/p-2/t2*19-,20-,21-;/m00./s1. The second-order valence-corrected chi connectivity index (χ2v) is 17.8. The van der Waals surface area contributed by atoms with Crippen LogP contribution in [0, 0.1) is 0 Å². The minimum atomic E-state index is -1.46. The fourth-order valence-corrected chi connectivity index (χ4v) is 8.20. The van der Waals surface area contributed by atoms with Crippen LogP contribution in [0.1, 0.15) is 61.0 Å². The van der Waals surface area contributed by atoms with Crippen LogP contribution in [0.15, 0.2) is 86.0 Å². The number of carbonyl (C=O) groups excluding carboxylic acids is 8. The molecule has 0 aliphatic rings. The molecule has 0 bridgehead atoms. The van der Waals surface area contributed by atoms with Gasteiger partial charge in [0.15, 0.2) is 0 Å². The molecule has 6 amide bonds. The number of aromatic nitrogens is 6. The zero-order valence-electron chi connectivity index (χ0n) is 42.0. The van der Waals surface area contributed by atoms with Gasteiger partial charge in [0.2, 0.25) is 35.4 Å². The van der Waals surface area contributed by atoms with Crippen LogP contribution in [0.3, 0.4) is 0 Å². The average molecular weight is 1110 g/mol. The van der Waals surface area contributed by atoms with Crippen molar-refractivity contribution in [1.29, 1.82) is 0 Å². The number of nitrogens with one attached hydrogen (secondary N) is 10. The summed E-state index contributed by atoms with van der Waals surface area (Å²) in [5.74, 6) is -6.64. The topological polar surface area (TPSA) is 448 Å². The van der Waals surface area contributed by atoms with E-state index in [1.165, 1.54) is 25.0 Å². The van der Waals surface area contributed by atoms with Gasteiger partial charge in [-0.25, -0.2) is 9.97 Å². The largest absolute Gasteiger partial charge is 2.00 e. The summed E-state index contributed by atoms with van der Waals surface area (Å²) < 4.78 is 0. The van der Waals surface area contributed by atoms with Gasteiger partial charge in [0.25, 0.3) is 0 Å². The van der Waals surface area contributed by atoms with Gasteiger partial charge >= 0.3 is 17.1 Å². The molecule has 4 heterocycles. The van der Waals surface area contributed by atoms with Gasteiger partial charge in [-0.15, -0.1) is 0 Å². The SMILES string of the molecule is NCCCC[C@H](NC(=O)[C@H](Cc1cnc[nH]1)NC(=O)CN)C(=O)N[C@@H](Cc1c[nH]c2ccccc12)C(=O)[O-].NCCCC[C@H](NC(=O)[C@H](Cc1cnc[nH]1)NC(=O)CN)C(=O)N[C@@H](Cc1c[nH]c2ccccc12)C(=O)[O-].[Cu+2]. The number of nitrogens with two attached hydrogens (primary N) is 4. The first kappa shape index (κ1) is 61.6. The van der Waals surface area contributed by atoms with E-state index < -0.39 is 83.6 Å². The molecule has 6 atom stereocenters. The molecule has 26 nitrogen and oxygen atoms in total. The Bertz CT molecular complexity index is 2650. The summed E-state index contributed by atoms with van der Waals surface area (Å²) in [6, 6.07) is 7.87. The van der Waals surface area contributed by atoms with Crippen molar-refractivity contribution in [3.63, 3.8) is 0 Å². The Morgan fingerprint density at radius 2 is 0.831 bits per heavy atom. The van der Waals surface area contributed by atoms with E-state index in [0.29, 0.717) is 61.3 Å². The van der Waals surface area contributed by atoms with Crippen LogP contribution >= 0.6 is 0 Å². The number of nitrogens with zero attached hydrogens (tertiary/aromatic N) is 2. The summed E-state index contributed by atoms with van der Waals surface area (Å²) in [5, 5.41) is 40.9. The minimum Gasteiger partial charge on any atom is -0.548 e. The van der Waals surface area contributed by atoms with E-state index in [1.54, 1.807) is 12.4 Å². The maximum Gasteiger partial charge on any atom is 2.00 e. The minimum absolute atomic E-state index is 0. The molecule has 0 fully saturated rings. The summed E-state index contributed by atoms with van der Waals surface area (Å²) >= 11 is 0. The molecule has 0 aliphatic carbocycles. The number of imidazole rings is 2. The van der Waals surface area contributed by atoms with Crippen molar-refractivity contribution in [2.45, 2.75) is 100 Å². The molecule has 18 N–H and O–H groups in total. The third-order valence-corrected chi connectivity index (χ3v) is 12.2. The Balaban J connectivity index is 0.000000328. The van der Waals surface area contributed by atoms with E-state index in [-0.39, 0.29) is 68.7 Å². The summed E-state index contributed by atoms with van der Waals surface area (Å²) in [6.07, 6.45) is 12.0. The summed E-state index contributed by atoms with van der Waals surface area (Å²) in [7, 11) is 0. The molecule has 0 saturated carbocycles. The van der Waals surface area contributed by atoms with Gasteiger partial charge in [0, 0.05) is 83.7 Å². The van der Waals surface area contributed by atoms with Crippen LogP contribution in [-0.2, 0) is 81.1 Å². The number of aliphatic carboxylic acids is 2. The Kier molecular flexibility index (Phi) is 25.5. The Labute approximate surface area is 453 Å². The number of H-pyrrole nitrogens is 4. The zero-order valence-corrected chi connectivity index (χ0v) is 43.0. The maximum atomic E-state index is 13.2. The molecular formula is C50H66CuN16O10.